The monoisotopic (exact) mass is 388 g/mol. The minimum atomic E-state index is -0.113. The molecule has 0 aromatic carbocycles. The van der Waals surface area contributed by atoms with Crippen molar-refractivity contribution in [1.82, 2.24) is 15.0 Å². The molecule has 0 unspecified atom stereocenters. The highest BCUT2D eigenvalue weighted by atomic mass is 32.1. The van der Waals surface area contributed by atoms with Gasteiger partial charge in [-0.05, 0) is 38.2 Å². The summed E-state index contributed by atoms with van der Waals surface area (Å²) >= 11 is 3.11. The second-order valence-corrected chi connectivity index (χ2v) is 8.76. The Bertz CT molecular complexity index is 1050. The molecule has 3 aromatic heterocycles. The van der Waals surface area contributed by atoms with Crippen LogP contribution in [0.1, 0.15) is 46.6 Å². The van der Waals surface area contributed by atoms with E-state index in [1.165, 1.54) is 21.8 Å². The Morgan fingerprint density at radius 3 is 2.88 bits per heavy atom. The van der Waals surface area contributed by atoms with Gasteiger partial charge in [0, 0.05) is 22.6 Å². The lowest BCUT2D eigenvalue weighted by atomic mass is 10.2. The van der Waals surface area contributed by atoms with Crippen LogP contribution >= 0.6 is 22.7 Å². The minimum Gasteiger partial charge on any atom is -0.310 e. The minimum absolute atomic E-state index is 0.0760. The number of amides is 1. The van der Waals surface area contributed by atoms with E-state index in [9.17, 15) is 9.59 Å². The first-order valence-corrected chi connectivity index (χ1v) is 10.5. The Morgan fingerprint density at radius 1 is 1.27 bits per heavy atom. The maximum absolute atomic E-state index is 12.4. The van der Waals surface area contributed by atoms with Crippen LogP contribution in [0, 0.1) is 6.92 Å². The molecule has 1 amide bonds. The Morgan fingerprint density at radius 2 is 2.12 bits per heavy atom. The molecule has 4 rings (SSSR count). The van der Waals surface area contributed by atoms with Crippen LogP contribution in [-0.2, 0) is 30.5 Å². The number of fused-ring (bicyclic) bond motifs is 3. The highest BCUT2D eigenvalue weighted by molar-refractivity contribution is 7.18. The lowest BCUT2D eigenvalue weighted by Gasteiger charge is -2.02. The molecule has 0 aliphatic heterocycles. The third kappa shape index (κ3) is 3.19. The van der Waals surface area contributed by atoms with Crippen molar-refractivity contribution in [3.8, 4) is 0 Å². The maximum Gasteiger partial charge on any atom is 0.259 e. The molecule has 0 spiro atoms. The van der Waals surface area contributed by atoms with Crippen molar-refractivity contribution < 1.29 is 4.79 Å². The number of carbonyl (C=O) groups is 1. The van der Waals surface area contributed by atoms with E-state index in [-0.39, 0.29) is 17.9 Å². The summed E-state index contributed by atoms with van der Waals surface area (Å²) in [4.78, 5) is 39.7. The number of carbonyl (C=O) groups excluding carboxylic acids is 1. The summed E-state index contributed by atoms with van der Waals surface area (Å²) in [6, 6.07) is 0. The van der Waals surface area contributed by atoms with Crippen molar-refractivity contribution in [3.05, 3.63) is 37.2 Å². The number of thiazole rings is 1. The third-order valence-electron chi connectivity index (χ3n) is 4.69. The summed E-state index contributed by atoms with van der Waals surface area (Å²) in [6.45, 7) is 4.06. The van der Waals surface area contributed by atoms with E-state index in [4.69, 9.17) is 0 Å². The van der Waals surface area contributed by atoms with Gasteiger partial charge in [0.25, 0.3) is 5.56 Å². The van der Waals surface area contributed by atoms with E-state index in [0.29, 0.717) is 17.4 Å². The van der Waals surface area contributed by atoms with E-state index < -0.39 is 0 Å². The lowest BCUT2D eigenvalue weighted by molar-refractivity contribution is -0.116. The number of thiophene rings is 1. The molecule has 1 aliphatic rings. The molecule has 0 bridgehead atoms. The highest BCUT2D eigenvalue weighted by Gasteiger charge is 2.21. The molecule has 0 saturated heterocycles. The Labute approximate surface area is 158 Å². The van der Waals surface area contributed by atoms with Crippen molar-refractivity contribution in [2.45, 2.75) is 52.4 Å². The fourth-order valence-corrected chi connectivity index (χ4v) is 5.59. The molecule has 2 N–H and O–H groups in total. The van der Waals surface area contributed by atoms with E-state index in [1.807, 2.05) is 13.8 Å². The van der Waals surface area contributed by atoms with Gasteiger partial charge >= 0.3 is 0 Å². The number of aromatic amines is 1. The number of aromatic nitrogens is 3. The summed E-state index contributed by atoms with van der Waals surface area (Å²) in [5, 5.41) is 4.23. The quantitative estimate of drug-likeness (QED) is 0.701. The topological polar surface area (TPSA) is 87.7 Å². The average molecular weight is 389 g/mol. The molecule has 0 radical (unpaired) electrons. The maximum atomic E-state index is 12.4. The standard InChI is InChI=1S/C18H20N4O2S2/c1-3-11-9(2)25-18(19-11)22-14(23)8-7-13-20-16(24)15-10-5-4-6-12(10)26-17(15)21-13/h3-8H2,1-2H3,(H,19,22,23)(H,20,21,24). The predicted octanol–water partition coefficient (Wildman–Crippen LogP) is 3.37. The smallest absolute Gasteiger partial charge is 0.259 e. The molecule has 6 nitrogen and oxygen atoms in total. The second kappa shape index (κ2) is 6.92. The van der Waals surface area contributed by atoms with Crippen LogP contribution in [0.5, 0.6) is 0 Å². The SMILES string of the molecule is CCc1nc(NC(=O)CCc2nc3sc4c(c3c(=O)[nH]2)CCC4)sc1C. The first-order valence-electron chi connectivity index (χ1n) is 8.84. The summed E-state index contributed by atoms with van der Waals surface area (Å²) in [5.41, 5.74) is 2.12. The normalized spacial score (nSPS) is 13.3. The number of H-pyrrole nitrogens is 1. The molecule has 0 saturated carbocycles. The third-order valence-corrected chi connectivity index (χ3v) is 6.80. The summed E-state index contributed by atoms with van der Waals surface area (Å²) in [5.74, 6) is 0.458. The predicted molar refractivity (Wildman–Crippen MR) is 105 cm³/mol. The summed E-state index contributed by atoms with van der Waals surface area (Å²) in [6.07, 6.45) is 4.65. The zero-order valence-corrected chi connectivity index (χ0v) is 16.4. The fraction of sp³-hybridized carbons (Fsp3) is 0.444. The summed E-state index contributed by atoms with van der Waals surface area (Å²) < 4.78 is 0. The van der Waals surface area contributed by atoms with Crippen LogP contribution < -0.4 is 10.9 Å². The van der Waals surface area contributed by atoms with Crippen molar-refractivity contribution in [3.63, 3.8) is 0 Å². The van der Waals surface area contributed by atoms with Gasteiger partial charge in [-0.1, -0.05) is 6.92 Å². The van der Waals surface area contributed by atoms with Crippen molar-refractivity contribution in [1.29, 1.82) is 0 Å². The number of aryl methyl sites for hydroxylation is 5. The van der Waals surface area contributed by atoms with Crippen LogP contribution in [0.2, 0.25) is 0 Å². The van der Waals surface area contributed by atoms with Crippen molar-refractivity contribution >= 4 is 43.9 Å². The molecule has 136 valence electrons. The molecule has 3 aromatic rings. The van der Waals surface area contributed by atoms with Crippen molar-refractivity contribution in [2.24, 2.45) is 0 Å². The Balaban J connectivity index is 1.45. The number of hydrogen-bond donors (Lipinski definition) is 2. The zero-order valence-electron chi connectivity index (χ0n) is 14.8. The van der Waals surface area contributed by atoms with Gasteiger partial charge in [-0.3, -0.25) is 9.59 Å². The Hall–Kier alpha value is -2.06. The lowest BCUT2D eigenvalue weighted by Crippen LogP contribution is -2.16. The van der Waals surface area contributed by atoms with E-state index in [0.717, 1.165) is 46.5 Å². The molecular weight excluding hydrogens is 368 g/mol. The highest BCUT2D eigenvalue weighted by Crippen LogP contribution is 2.34. The number of rotatable bonds is 5. The van der Waals surface area contributed by atoms with E-state index in [2.05, 4.69) is 20.3 Å². The van der Waals surface area contributed by atoms with Gasteiger partial charge in [-0.2, -0.15) is 0 Å². The summed E-state index contributed by atoms with van der Waals surface area (Å²) in [7, 11) is 0. The molecule has 26 heavy (non-hydrogen) atoms. The van der Waals surface area contributed by atoms with Crippen LogP contribution in [0.4, 0.5) is 5.13 Å². The van der Waals surface area contributed by atoms with Gasteiger partial charge in [-0.25, -0.2) is 9.97 Å². The van der Waals surface area contributed by atoms with Crippen LogP contribution in [0.3, 0.4) is 0 Å². The molecule has 0 atom stereocenters. The zero-order chi connectivity index (χ0) is 18.3. The largest absolute Gasteiger partial charge is 0.310 e. The molecule has 8 heteroatoms. The number of nitrogens with zero attached hydrogens (tertiary/aromatic N) is 2. The van der Waals surface area contributed by atoms with Gasteiger partial charge in [0.15, 0.2) is 5.13 Å². The number of hydrogen-bond acceptors (Lipinski definition) is 6. The van der Waals surface area contributed by atoms with E-state index >= 15 is 0 Å². The van der Waals surface area contributed by atoms with E-state index in [1.54, 1.807) is 11.3 Å². The van der Waals surface area contributed by atoms with Crippen LogP contribution in [0.15, 0.2) is 4.79 Å². The first-order chi connectivity index (χ1) is 12.5. The van der Waals surface area contributed by atoms with Gasteiger partial charge in [-0.15, -0.1) is 22.7 Å². The van der Waals surface area contributed by atoms with Crippen LogP contribution in [0.25, 0.3) is 10.2 Å². The van der Waals surface area contributed by atoms with Crippen LogP contribution in [-0.4, -0.2) is 20.9 Å². The molecule has 1 aliphatic carbocycles. The molecular formula is C18H20N4O2S2. The Kier molecular flexibility index (Phi) is 4.62. The van der Waals surface area contributed by atoms with Gasteiger partial charge < -0.3 is 10.3 Å². The van der Waals surface area contributed by atoms with Gasteiger partial charge in [0.2, 0.25) is 5.91 Å². The number of anilines is 1. The fourth-order valence-electron chi connectivity index (χ4n) is 3.39. The average Bonchev–Trinajstić information content (AvgIpc) is 3.26. The molecule has 3 heterocycles. The van der Waals surface area contributed by atoms with Gasteiger partial charge in [0.1, 0.15) is 10.7 Å². The van der Waals surface area contributed by atoms with Gasteiger partial charge in [0.05, 0.1) is 11.1 Å². The second-order valence-electron chi connectivity index (χ2n) is 6.47. The number of nitrogens with one attached hydrogen (secondary N) is 2. The van der Waals surface area contributed by atoms with Crippen molar-refractivity contribution in [2.75, 3.05) is 5.32 Å². The molecule has 0 fully saturated rings. The first kappa shape index (κ1) is 17.4.